The van der Waals surface area contributed by atoms with Gasteiger partial charge < -0.3 is 9.47 Å². The highest BCUT2D eigenvalue weighted by Crippen LogP contribution is 2.27. The maximum absolute atomic E-state index is 12.9. The number of hydrogen-bond donors (Lipinski definition) is 0. The van der Waals surface area contributed by atoms with E-state index < -0.39 is 10.0 Å². The normalized spacial score (nSPS) is 17.8. The van der Waals surface area contributed by atoms with Crippen molar-refractivity contribution in [2.75, 3.05) is 33.4 Å². The number of sulfonamides is 1. The Bertz CT molecular complexity index is 754. The van der Waals surface area contributed by atoms with Crippen LogP contribution in [0.2, 0.25) is 0 Å². The molecule has 1 aromatic carbocycles. The Labute approximate surface area is 139 Å². The van der Waals surface area contributed by atoms with Gasteiger partial charge in [-0.15, -0.1) is 0 Å². The lowest BCUT2D eigenvalue weighted by molar-refractivity contribution is -0.00501. The molecule has 0 aliphatic carbocycles. The van der Waals surface area contributed by atoms with Crippen LogP contribution in [0.1, 0.15) is 12.8 Å². The van der Waals surface area contributed by atoms with E-state index in [0.717, 1.165) is 11.7 Å². The van der Waals surface area contributed by atoms with Gasteiger partial charge in [-0.1, -0.05) is 6.07 Å². The lowest BCUT2D eigenvalue weighted by Crippen LogP contribution is -2.41. The molecule has 7 nitrogen and oxygen atoms in total. The fourth-order valence-corrected chi connectivity index (χ4v) is 4.89. The zero-order valence-corrected chi connectivity index (χ0v) is 14.5. The van der Waals surface area contributed by atoms with Crippen LogP contribution in [0.25, 0.3) is 11.0 Å². The summed E-state index contributed by atoms with van der Waals surface area (Å²) in [6.07, 6.45) is 1.47. The van der Waals surface area contributed by atoms with Crippen LogP contribution in [0.15, 0.2) is 23.1 Å². The summed E-state index contributed by atoms with van der Waals surface area (Å²) >= 11 is 1.03. The smallest absolute Gasteiger partial charge is 0.245 e. The summed E-state index contributed by atoms with van der Waals surface area (Å²) in [5.41, 5.74) is 1.07. The second-order valence-corrected chi connectivity index (χ2v) is 7.79. The number of piperidine rings is 1. The van der Waals surface area contributed by atoms with Gasteiger partial charge in [0.25, 0.3) is 0 Å². The third-order valence-corrected chi connectivity index (χ3v) is 6.38. The molecule has 2 heterocycles. The third-order valence-electron chi connectivity index (χ3n) is 3.91. The van der Waals surface area contributed by atoms with Crippen molar-refractivity contribution in [3.05, 3.63) is 18.2 Å². The first-order valence-corrected chi connectivity index (χ1v) is 9.62. The van der Waals surface area contributed by atoms with Crippen molar-refractivity contribution in [3.63, 3.8) is 0 Å². The molecule has 3 rings (SSSR count). The number of fused-ring (bicyclic) bond motifs is 1. The number of benzene rings is 1. The largest absolute Gasteiger partial charge is 0.382 e. The van der Waals surface area contributed by atoms with Gasteiger partial charge >= 0.3 is 0 Å². The Hall–Kier alpha value is -1.13. The summed E-state index contributed by atoms with van der Waals surface area (Å²) in [6, 6.07) is 5.07. The molecule has 0 atom stereocenters. The molecule has 1 aliphatic rings. The minimum atomic E-state index is -3.55. The molecular weight excluding hydrogens is 338 g/mol. The molecule has 1 aliphatic heterocycles. The Morgan fingerprint density at radius 1 is 1.26 bits per heavy atom. The van der Waals surface area contributed by atoms with E-state index in [4.69, 9.17) is 9.47 Å². The number of aromatic nitrogens is 2. The van der Waals surface area contributed by atoms with Crippen molar-refractivity contribution in [2.45, 2.75) is 23.8 Å². The fraction of sp³-hybridized carbons (Fsp3) is 0.571. The van der Waals surface area contributed by atoms with Crippen LogP contribution in [-0.2, 0) is 19.5 Å². The molecule has 0 amide bonds. The molecule has 0 spiro atoms. The number of ether oxygens (including phenoxy) is 2. The van der Waals surface area contributed by atoms with Crippen LogP contribution < -0.4 is 0 Å². The van der Waals surface area contributed by atoms with E-state index in [2.05, 4.69) is 8.75 Å². The molecule has 1 saturated heterocycles. The van der Waals surface area contributed by atoms with Crippen LogP contribution in [0.5, 0.6) is 0 Å². The Morgan fingerprint density at radius 2 is 2.04 bits per heavy atom. The van der Waals surface area contributed by atoms with Crippen molar-refractivity contribution in [3.8, 4) is 0 Å². The van der Waals surface area contributed by atoms with Crippen molar-refractivity contribution in [1.82, 2.24) is 13.1 Å². The summed E-state index contributed by atoms with van der Waals surface area (Å²) < 4.78 is 46.1. The van der Waals surface area contributed by atoms with Crippen molar-refractivity contribution < 1.29 is 17.9 Å². The Kier molecular flexibility index (Phi) is 5.22. The highest BCUT2D eigenvalue weighted by Gasteiger charge is 2.31. The number of rotatable bonds is 6. The van der Waals surface area contributed by atoms with Crippen molar-refractivity contribution >= 4 is 32.8 Å². The zero-order chi connectivity index (χ0) is 16.3. The molecule has 0 radical (unpaired) electrons. The molecule has 9 heteroatoms. The number of methoxy groups -OCH3 is 1. The van der Waals surface area contributed by atoms with Crippen LogP contribution >= 0.6 is 11.7 Å². The Balaban J connectivity index is 1.71. The van der Waals surface area contributed by atoms with Gasteiger partial charge in [0.05, 0.1) is 31.0 Å². The molecule has 1 fully saturated rings. The van der Waals surface area contributed by atoms with Crippen LogP contribution in [0.3, 0.4) is 0 Å². The van der Waals surface area contributed by atoms with E-state index in [1.807, 2.05) is 0 Å². The lowest BCUT2D eigenvalue weighted by Gasteiger charge is -2.31. The molecule has 0 bridgehead atoms. The second-order valence-electron chi connectivity index (χ2n) is 5.36. The van der Waals surface area contributed by atoms with E-state index in [1.54, 1.807) is 25.3 Å². The lowest BCUT2D eigenvalue weighted by atomic mass is 10.1. The van der Waals surface area contributed by atoms with Gasteiger partial charge in [0, 0.05) is 20.2 Å². The minimum Gasteiger partial charge on any atom is -0.382 e. The Morgan fingerprint density at radius 3 is 2.78 bits per heavy atom. The first-order chi connectivity index (χ1) is 11.1. The monoisotopic (exact) mass is 357 g/mol. The average Bonchev–Trinajstić information content (AvgIpc) is 3.04. The maximum atomic E-state index is 12.9. The molecule has 0 unspecified atom stereocenters. The summed E-state index contributed by atoms with van der Waals surface area (Å²) in [4.78, 5) is 0.238. The summed E-state index contributed by atoms with van der Waals surface area (Å²) in [7, 11) is -1.92. The quantitative estimate of drug-likeness (QED) is 0.729. The second kappa shape index (κ2) is 7.18. The first-order valence-electron chi connectivity index (χ1n) is 7.45. The topological polar surface area (TPSA) is 81.6 Å². The van der Waals surface area contributed by atoms with Crippen LogP contribution in [-0.4, -0.2) is 61.0 Å². The zero-order valence-electron chi connectivity index (χ0n) is 12.8. The SMILES string of the molecule is COCCOC1CCN(S(=O)(=O)c2cccc3nsnc23)CC1. The van der Waals surface area contributed by atoms with E-state index in [1.165, 1.54) is 4.31 Å². The van der Waals surface area contributed by atoms with Gasteiger partial charge in [0.2, 0.25) is 10.0 Å². The van der Waals surface area contributed by atoms with Gasteiger partial charge in [-0.2, -0.15) is 13.1 Å². The molecular formula is C14H19N3O4S2. The standard InChI is InChI=1S/C14H19N3O4S2/c1-20-9-10-21-11-5-7-17(8-6-11)23(18,19)13-4-2-3-12-14(13)16-22-15-12/h2-4,11H,5-10H2,1H3. The van der Waals surface area contributed by atoms with Gasteiger partial charge in [-0.3, -0.25) is 0 Å². The average molecular weight is 357 g/mol. The van der Waals surface area contributed by atoms with E-state index in [0.29, 0.717) is 50.2 Å². The maximum Gasteiger partial charge on any atom is 0.245 e. The van der Waals surface area contributed by atoms with Gasteiger partial charge in [0.15, 0.2) is 0 Å². The van der Waals surface area contributed by atoms with Crippen molar-refractivity contribution in [1.29, 1.82) is 0 Å². The van der Waals surface area contributed by atoms with Crippen LogP contribution in [0, 0.1) is 0 Å². The highest BCUT2D eigenvalue weighted by molar-refractivity contribution is 7.89. The number of nitrogens with zero attached hydrogens (tertiary/aromatic N) is 3. The third kappa shape index (κ3) is 3.53. The molecule has 2 aromatic rings. The summed E-state index contributed by atoms with van der Waals surface area (Å²) in [5.74, 6) is 0. The predicted octanol–water partition coefficient (Wildman–Crippen LogP) is 1.51. The molecule has 0 N–H and O–H groups in total. The van der Waals surface area contributed by atoms with E-state index >= 15 is 0 Å². The highest BCUT2D eigenvalue weighted by atomic mass is 32.2. The molecule has 0 saturated carbocycles. The number of hydrogen-bond acceptors (Lipinski definition) is 7. The first kappa shape index (κ1) is 16.7. The minimum absolute atomic E-state index is 0.0910. The summed E-state index contributed by atoms with van der Waals surface area (Å²) in [6.45, 7) is 2.00. The van der Waals surface area contributed by atoms with Crippen LogP contribution in [0.4, 0.5) is 0 Å². The van der Waals surface area contributed by atoms with Gasteiger partial charge in [0.1, 0.15) is 15.9 Å². The van der Waals surface area contributed by atoms with E-state index in [-0.39, 0.29) is 11.0 Å². The van der Waals surface area contributed by atoms with Gasteiger partial charge in [-0.05, 0) is 25.0 Å². The molecule has 126 valence electrons. The molecule has 1 aromatic heterocycles. The van der Waals surface area contributed by atoms with Gasteiger partial charge in [-0.25, -0.2) is 8.42 Å². The predicted molar refractivity (Wildman–Crippen MR) is 87.0 cm³/mol. The summed E-state index contributed by atoms with van der Waals surface area (Å²) in [5, 5.41) is 0. The molecule has 23 heavy (non-hydrogen) atoms. The van der Waals surface area contributed by atoms with E-state index in [9.17, 15) is 8.42 Å². The fourth-order valence-electron chi connectivity index (χ4n) is 2.67. The van der Waals surface area contributed by atoms with Crippen molar-refractivity contribution in [2.24, 2.45) is 0 Å².